The van der Waals surface area contributed by atoms with E-state index in [0.29, 0.717) is 17.2 Å². The molecule has 1 amide bonds. The molecule has 0 aliphatic carbocycles. The molecule has 30 heavy (non-hydrogen) atoms. The maximum atomic E-state index is 12.5. The summed E-state index contributed by atoms with van der Waals surface area (Å²) in [6.07, 6.45) is 0. The average molecular weight is 404 g/mol. The van der Waals surface area contributed by atoms with Crippen LogP contribution in [0.4, 0.5) is 23.0 Å². The van der Waals surface area contributed by atoms with Crippen molar-refractivity contribution >= 4 is 28.9 Å². The fourth-order valence-electron chi connectivity index (χ4n) is 3.01. The van der Waals surface area contributed by atoms with E-state index in [1.807, 2.05) is 68.4 Å². The lowest BCUT2D eigenvalue weighted by molar-refractivity contribution is 0.102. The molecule has 1 aromatic heterocycles. The fourth-order valence-corrected chi connectivity index (χ4v) is 3.01. The van der Waals surface area contributed by atoms with Gasteiger partial charge in [0.05, 0.1) is 0 Å². The van der Waals surface area contributed by atoms with E-state index in [-0.39, 0.29) is 11.3 Å². The maximum Gasteiger partial charge on any atom is 0.255 e. The first-order valence-corrected chi connectivity index (χ1v) is 10.1. The van der Waals surface area contributed by atoms with Crippen molar-refractivity contribution in [2.75, 3.05) is 22.5 Å². The van der Waals surface area contributed by atoms with Gasteiger partial charge in [0, 0.05) is 29.5 Å². The third kappa shape index (κ3) is 5.56. The van der Waals surface area contributed by atoms with Crippen LogP contribution in [0, 0.1) is 6.92 Å². The van der Waals surface area contributed by atoms with Crippen LogP contribution >= 0.6 is 0 Å². The number of carbonyl (C=O) groups is 1. The number of nitrogens with one attached hydrogen (secondary N) is 3. The Morgan fingerprint density at radius 1 is 0.900 bits per heavy atom. The van der Waals surface area contributed by atoms with Gasteiger partial charge in [-0.05, 0) is 61.2 Å². The summed E-state index contributed by atoms with van der Waals surface area (Å²) in [5, 5.41) is 9.41. The molecule has 3 rings (SSSR count). The minimum atomic E-state index is -0.127. The summed E-state index contributed by atoms with van der Waals surface area (Å²) >= 11 is 0. The monoisotopic (exact) mass is 403 g/mol. The largest absolute Gasteiger partial charge is 0.370 e. The first-order chi connectivity index (χ1) is 14.2. The molecule has 0 spiro atoms. The number of hydrogen-bond donors (Lipinski definition) is 3. The van der Waals surface area contributed by atoms with Crippen LogP contribution in [0.1, 0.15) is 49.4 Å². The van der Waals surface area contributed by atoms with Crippen molar-refractivity contribution < 1.29 is 4.79 Å². The molecule has 156 valence electrons. The molecule has 0 aliphatic heterocycles. The highest BCUT2D eigenvalue weighted by molar-refractivity contribution is 6.04. The van der Waals surface area contributed by atoms with E-state index in [2.05, 4.69) is 46.7 Å². The Balaban J connectivity index is 1.65. The lowest BCUT2D eigenvalue weighted by Crippen LogP contribution is -2.14. The molecule has 0 fully saturated rings. The first-order valence-electron chi connectivity index (χ1n) is 10.1. The van der Waals surface area contributed by atoms with Crippen molar-refractivity contribution in [1.29, 1.82) is 0 Å². The van der Waals surface area contributed by atoms with Crippen molar-refractivity contribution in [2.45, 2.75) is 40.0 Å². The molecule has 2 aromatic carbocycles. The Kier molecular flexibility index (Phi) is 6.35. The molecule has 0 bridgehead atoms. The summed E-state index contributed by atoms with van der Waals surface area (Å²) in [5.41, 5.74) is 3.51. The summed E-state index contributed by atoms with van der Waals surface area (Å²) in [7, 11) is 0. The summed E-state index contributed by atoms with van der Waals surface area (Å²) in [5.74, 6) is 2.07. The van der Waals surface area contributed by atoms with Crippen molar-refractivity contribution in [3.05, 3.63) is 71.5 Å². The minimum Gasteiger partial charge on any atom is -0.370 e. The van der Waals surface area contributed by atoms with Crippen molar-refractivity contribution in [2.24, 2.45) is 0 Å². The zero-order chi connectivity index (χ0) is 21.7. The molecule has 0 unspecified atom stereocenters. The van der Waals surface area contributed by atoms with Crippen LogP contribution < -0.4 is 16.0 Å². The summed E-state index contributed by atoms with van der Waals surface area (Å²) < 4.78 is 0. The van der Waals surface area contributed by atoms with E-state index in [4.69, 9.17) is 0 Å². The number of rotatable bonds is 6. The lowest BCUT2D eigenvalue weighted by Gasteiger charge is -2.19. The standard InChI is InChI=1S/C24H29N5O/c1-6-25-21-15-22(27-16(2)26-21)28-19-11-13-20(14-12-19)29-23(30)17-7-9-18(10-8-17)24(3,4)5/h7-15H,6H2,1-5H3,(H,29,30)(H2,25,26,27,28). The van der Waals surface area contributed by atoms with E-state index in [1.165, 1.54) is 5.56 Å². The maximum absolute atomic E-state index is 12.5. The zero-order valence-corrected chi connectivity index (χ0v) is 18.2. The van der Waals surface area contributed by atoms with Crippen LogP contribution in [-0.2, 0) is 5.41 Å². The van der Waals surface area contributed by atoms with Gasteiger partial charge in [-0.15, -0.1) is 0 Å². The Labute approximate surface area is 178 Å². The summed E-state index contributed by atoms with van der Waals surface area (Å²) in [6.45, 7) is 11.1. The van der Waals surface area contributed by atoms with E-state index < -0.39 is 0 Å². The summed E-state index contributed by atoms with van der Waals surface area (Å²) in [6, 6.07) is 17.2. The van der Waals surface area contributed by atoms with Gasteiger partial charge in [0.2, 0.25) is 0 Å². The minimum absolute atomic E-state index is 0.0629. The molecule has 3 N–H and O–H groups in total. The number of benzene rings is 2. The topological polar surface area (TPSA) is 78.9 Å². The van der Waals surface area contributed by atoms with Crippen LogP contribution in [0.15, 0.2) is 54.6 Å². The average Bonchev–Trinajstić information content (AvgIpc) is 2.69. The van der Waals surface area contributed by atoms with Crippen LogP contribution in [0.5, 0.6) is 0 Å². The Bertz CT molecular complexity index is 1010. The van der Waals surface area contributed by atoms with E-state index in [0.717, 1.165) is 23.7 Å². The smallest absolute Gasteiger partial charge is 0.255 e. The van der Waals surface area contributed by atoms with E-state index >= 15 is 0 Å². The van der Waals surface area contributed by atoms with Gasteiger partial charge in [0.15, 0.2) is 0 Å². The molecule has 0 saturated heterocycles. The van der Waals surface area contributed by atoms with Gasteiger partial charge in [-0.25, -0.2) is 9.97 Å². The van der Waals surface area contributed by atoms with Gasteiger partial charge in [0.25, 0.3) is 5.91 Å². The number of carbonyl (C=O) groups excluding carboxylic acids is 1. The fraction of sp³-hybridized carbons (Fsp3) is 0.292. The predicted octanol–water partition coefficient (Wildman–Crippen LogP) is 5.51. The van der Waals surface area contributed by atoms with Gasteiger partial charge in [-0.2, -0.15) is 0 Å². The molecule has 0 saturated carbocycles. The number of nitrogens with zero attached hydrogens (tertiary/aromatic N) is 2. The Morgan fingerprint density at radius 2 is 1.50 bits per heavy atom. The first kappa shape index (κ1) is 21.3. The van der Waals surface area contributed by atoms with Gasteiger partial charge in [0.1, 0.15) is 17.5 Å². The molecular formula is C24H29N5O. The van der Waals surface area contributed by atoms with E-state index in [9.17, 15) is 4.79 Å². The molecule has 6 nitrogen and oxygen atoms in total. The molecule has 3 aromatic rings. The number of amides is 1. The van der Waals surface area contributed by atoms with Gasteiger partial charge < -0.3 is 16.0 Å². The molecule has 0 atom stereocenters. The molecule has 1 heterocycles. The quantitative estimate of drug-likeness (QED) is 0.506. The number of hydrogen-bond acceptors (Lipinski definition) is 5. The predicted molar refractivity (Wildman–Crippen MR) is 124 cm³/mol. The highest BCUT2D eigenvalue weighted by Crippen LogP contribution is 2.23. The normalized spacial score (nSPS) is 11.1. The third-order valence-electron chi connectivity index (χ3n) is 4.62. The highest BCUT2D eigenvalue weighted by atomic mass is 16.1. The second-order valence-corrected chi connectivity index (χ2v) is 8.20. The Morgan fingerprint density at radius 3 is 2.10 bits per heavy atom. The number of aryl methyl sites for hydroxylation is 1. The van der Waals surface area contributed by atoms with Crippen molar-refractivity contribution in [3.8, 4) is 0 Å². The van der Waals surface area contributed by atoms with Crippen LogP contribution in [-0.4, -0.2) is 22.4 Å². The van der Waals surface area contributed by atoms with Crippen LogP contribution in [0.3, 0.4) is 0 Å². The molecule has 6 heteroatoms. The van der Waals surface area contributed by atoms with Gasteiger partial charge in [-0.3, -0.25) is 4.79 Å². The second kappa shape index (κ2) is 8.95. The zero-order valence-electron chi connectivity index (χ0n) is 18.2. The number of aromatic nitrogens is 2. The number of anilines is 4. The third-order valence-corrected chi connectivity index (χ3v) is 4.62. The van der Waals surface area contributed by atoms with Crippen LogP contribution in [0.25, 0.3) is 0 Å². The second-order valence-electron chi connectivity index (χ2n) is 8.20. The molecule has 0 aliphatic rings. The Hall–Kier alpha value is -3.41. The summed E-state index contributed by atoms with van der Waals surface area (Å²) in [4.78, 5) is 21.3. The highest BCUT2D eigenvalue weighted by Gasteiger charge is 2.14. The van der Waals surface area contributed by atoms with Crippen molar-refractivity contribution in [3.63, 3.8) is 0 Å². The van der Waals surface area contributed by atoms with Crippen molar-refractivity contribution in [1.82, 2.24) is 9.97 Å². The molecule has 0 radical (unpaired) electrons. The van der Waals surface area contributed by atoms with Crippen LogP contribution in [0.2, 0.25) is 0 Å². The molecular weight excluding hydrogens is 374 g/mol. The van der Waals surface area contributed by atoms with Gasteiger partial charge >= 0.3 is 0 Å². The van der Waals surface area contributed by atoms with E-state index in [1.54, 1.807) is 0 Å². The lowest BCUT2D eigenvalue weighted by atomic mass is 9.87. The SMILES string of the molecule is CCNc1cc(Nc2ccc(NC(=O)c3ccc(C(C)(C)C)cc3)cc2)nc(C)n1. The van der Waals surface area contributed by atoms with Gasteiger partial charge in [-0.1, -0.05) is 32.9 Å².